The summed E-state index contributed by atoms with van der Waals surface area (Å²) in [5.74, 6) is 0.456. The molecule has 164 valence electrons. The van der Waals surface area contributed by atoms with Crippen LogP contribution in [0.2, 0.25) is 0 Å². The van der Waals surface area contributed by atoms with Crippen molar-refractivity contribution >= 4 is 11.8 Å². The van der Waals surface area contributed by atoms with Crippen LogP contribution >= 0.6 is 0 Å². The van der Waals surface area contributed by atoms with Crippen LogP contribution in [0.3, 0.4) is 0 Å². The average molecular weight is 429 g/mol. The zero-order chi connectivity index (χ0) is 22.3. The molecule has 5 heteroatoms. The van der Waals surface area contributed by atoms with Crippen LogP contribution in [0.4, 0.5) is 0 Å². The highest BCUT2D eigenvalue weighted by Gasteiger charge is 2.40. The van der Waals surface area contributed by atoms with Gasteiger partial charge in [-0.3, -0.25) is 9.59 Å². The van der Waals surface area contributed by atoms with Crippen molar-refractivity contribution in [1.29, 1.82) is 0 Å². The van der Waals surface area contributed by atoms with Gasteiger partial charge in [0.2, 0.25) is 11.8 Å². The van der Waals surface area contributed by atoms with Crippen molar-refractivity contribution in [2.75, 3.05) is 7.11 Å². The van der Waals surface area contributed by atoms with E-state index in [4.69, 9.17) is 4.74 Å². The standard InChI is InChI=1S/C27H28N2O3/c1-32-24-15-9-8-14-22(24)18-28-27(31)23-16-17-25(30)29(19-20-10-4-2-5-11-20)26(23)21-12-6-3-7-13-21/h2-15,23,26H,16-19H2,1H3,(H,28,31)/t23-,26+/m1/s1. The fraction of sp³-hybridized carbons (Fsp3) is 0.259. The Morgan fingerprint density at radius 2 is 1.62 bits per heavy atom. The molecule has 0 spiro atoms. The molecule has 4 rings (SSSR count). The van der Waals surface area contributed by atoms with Gasteiger partial charge in [-0.05, 0) is 23.6 Å². The van der Waals surface area contributed by atoms with Crippen molar-refractivity contribution in [2.24, 2.45) is 5.92 Å². The first-order valence-corrected chi connectivity index (χ1v) is 11.0. The van der Waals surface area contributed by atoms with E-state index in [0.29, 0.717) is 25.9 Å². The Kier molecular flexibility index (Phi) is 6.85. The number of methoxy groups -OCH3 is 1. The van der Waals surface area contributed by atoms with Crippen molar-refractivity contribution in [2.45, 2.75) is 32.0 Å². The maximum Gasteiger partial charge on any atom is 0.225 e. The molecule has 2 amide bonds. The topological polar surface area (TPSA) is 58.6 Å². The Labute approximate surface area is 189 Å². The molecule has 1 N–H and O–H groups in total. The average Bonchev–Trinajstić information content (AvgIpc) is 2.85. The number of nitrogens with zero attached hydrogens (tertiary/aromatic N) is 1. The molecule has 0 radical (unpaired) electrons. The maximum atomic E-state index is 13.4. The lowest BCUT2D eigenvalue weighted by molar-refractivity contribution is -0.144. The van der Waals surface area contributed by atoms with E-state index in [1.54, 1.807) is 7.11 Å². The highest BCUT2D eigenvalue weighted by molar-refractivity contribution is 5.85. The van der Waals surface area contributed by atoms with E-state index in [0.717, 1.165) is 22.4 Å². The van der Waals surface area contributed by atoms with Crippen molar-refractivity contribution in [3.05, 3.63) is 102 Å². The van der Waals surface area contributed by atoms with Crippen LogP contribution in [0.5, 0.6) is 5.75 Å². The number of ether oxygens (including phenoxy) is 1. The predicted molar refractivity (Wildman–Crippen MR) is 124 cm³/mol. The monoisotopic (exact) mass is 428 g/mol. The highest BCUT2D eigenvalue weighted by atomic mass is 16.5. The number of hydrogen-bond donors (Lipinski definition) is 1. The van der Waals surface area contributed by atoms with Gasteiger partial charge in [0.15, 0.2) is 0 Å². The van der Waals surface area contributed by atoms with E-state index in [1.165, 1.54) is 0 Å². The Bertz CT molecular complexity index is 1050. The molecule has 2 atom stereocenters. The van der Waals surface area contributed by atoms with Gasteiger partial charge < -0.3 is 15.0 Å². The molecule has 5 nitrogen and oxygen atoms in total. The number of amides is 2. The van der Waals surface area contributed by atoms with E-state index in [2.05, 4.69) is 5.32 Å². The first-order chi connectivity index (χ1) is 15.7. The smallest absolute Gasteiger partial charge is 0.225 e. The predicted octanol–water partition coefficient (Wildman–Crippen LogP) is 4.49. The Balaban J connectivity index is 1.59. The molecule has 0 aliphatic carbocycles. The van der Waals surface area contributed by atoms with Crippen LogP contribution in [0.1, 0.15) is 35.6 Å². The first kappa shape index (κ1) is 21.6. The van der Waals surface area contributed by atoms with Crippen molar-refractivity contribution in [3.63, 3.8) is 0 Å². The number of hydrogen-bond acceptors (Lipinski definition) is 3. The number of rotatable bonds is 7. The molecule has 0 unspecified atom stereocenters. The number of carbonyl (C=O) groups excluding carboxylic acids is 2. The third-order valence-electron chi connectivity index (χ3n) is 6.03. The third-order valence-corrected chi connectivity index (χ3v) is 6.03. The molecule has 1 fully saturated rings. The number of likely N-dealkylation sites (tertiary alicyclic amines) is 1. The van der Waals surface area contributed by atoms with E-state index in [1.807, 2.05) is 89.8 Å². The fourth-order valence-electron chi connectivity index (χ4n) is 4.42. The number of nitrogens with one attached hydrogen (secondary N) is 1. The zero-order valence-corrected chi connectivity index (χ0v) is 18.2. The maximum absolute atomic E-state index is 13.4. The summed E-state index contributed by atoms with van der Waals surface area (Å²) in [6.07, 6.45) is 0.893. The first-order valence-electron chi connectivity index (χ1n) is 11.0. The van der Waals surface area contributed by atoms with Crippen LogP contribution < -0.4 is 10.1 Å². The quantitative estimate of drug-likeness (QED) is 0.603. The number of piperidine rings is 1. The van der Waals surface area contributed by atoms with Crippen LogP contribution in [0, 0.1) is 5.92 Å². The van der Waals surface area contributed by atoms with Gasteiger partial charge in [-0.15, -0.1) is 0 Å². The molecular formula is C27H28N2O3. The summed E-state index contributed by atoms with van der Waals surface area (Å²) >= 11 is 0. The highest BCUT2D eigenvalue weighted by Crippen LogP contribution is 2.38. The van der Waals surface area contributed by atoms with Crippen LogP contribution in [0.25, 0.3) is 0 Å². The van der Waals surface area contributed by atoms with Gasteiger partial charge in [-0.2, -0.15) is 0 Å². The van der Waals surface area contributed by atoms with Crippen molar-refractivity contribution < 1.29 is 14.3 Å². The van der Waals surface area contributed by atoms with Gasteiger partial charge in [0.05, 0.1) is 19.1 Å². The molecule has 1 heterocycles. The second-order valence-electron chi connectivity index (χ2n) is 8.04. The van der Waals surface area contributed by atoms with Crippen molar-refractivity contribution in [3.8, 4) is 5.75 Å². The molecule has 1 aliphatic heterocycles. The molecule has 32 heavy (non-hydrogen) atoms. The number of benzene rings is 3. The van der Waals surface area contributed by atoms with Crippen LogP contribution in [-0.4, -0.2) is 23.8 Å². The van der Waals surface area contributed by atoms with Crippen LogP contribution in [0.15, 0.2) is 84.9 Å². The summed E-state index contributed by atoms with van der Waals surface area (Å²) < 4.78 is 5.41. The lowest BCUT2D eigenvalue weighted by Gasteiger charge is -2.41. The van der Waals surface area contributed by atoms with Gasteiger partial charge in [-0.1, -0.05) is 78.9 Å². The molecule has 3 aromatic carbocycles. The van der Waals surface area contributed by atoms with Gasteiger partial charge in [0, 0.05) is 25.1 Å². The number of para-hydroxylation sites is 1. The third kappa shape index (κ3) is 4.83. The minimum atomic E-state index is -0.325. The summed E-state index contributed by atoms with van der Waals surface area (Å²) in [4.78, 5) is 28.2. The van der Waals surface area contributed by atoms with Gasteiger partial charge in [-0.25, -0.2) is 0 Å². The minimum absolute atomic E-state index is 0.0460. The second kappa shape index (κ2) is 10.1. The molecular weight excluding hydrogens is 400 g/mol. The van der Waals surface area contributed by atoms with E-state index in [9.17, 15) is 9.59 Å². The molecule has 0 bridgehead atoms. The van der Waals surface area contributed by atoms with Crippen LogP contribution in [-0.2, 0) is 22.7 Å². The molecule has 0 saturated carbocycles. The number of carbonyl (C=O) groups is 2. The van der Waals surface area contributed by atoms with Gasteiger partial charge >= 0.3 is 0 Å². The van der Waals surface area contributed by atoms with E-state index >= 15 is 0 Å². The molecule has 0 aromatic heterocycles. The Hall–Kier alpha value is -3.60. The summed E-state index contributed by atoms with van der Waals surface area (Å²) in [5, 5.41) is 3.09. The van der Waals surface area contributed by atoms with E-state index < -0.39 is 0 Å². The van der Waals surface area contributed by atoms with E-state index in [-0.39, 0.29) is 23.8 Å². The van der Waals surface area contributed by atoms with Crippen molar-refractivity contribution in [1.82, 2.24) is 10.2 Å². The fourth-order valence-corrected chi connectivity index (χ4v) is 4.42. The summed E-state index contributed by atoms with van der Waals surface area (Å²) in [6.45, 7) is 0.864. The normalized spacial score (nSPS) is 18.3. The summed E-state index contributed by atoms with van der Waals surface area (Å²) in [5.41, 5.74) is 2.96. The lowest BCUT2D eigenvalue weighted by Crippen LogP contribution is -2.47. The molecule has 1 saturated heterocycles. The minimum Gasteiger partial charge on any atom is -0.496 e. The SMILES string of the molecule is COc1ccccc1CNC(=O)[C@@H]1CCC(=O)N(Cc2ccccc2)[C@H]1c1ccccc1. The Morgan fingerprint density at radius 3 is 2.34 bits per heavy atom. The summed E-state index contributed by atoms with van der Waals surface area (Å²) in [7, 11) is 1.63. The van der Waals surface area contributed by atoms with Gasteiger partial charge in [0.25, 0.3) is 0 Å². The summed E-state index contributed by atoms with van der Waals surface area (Å²) in [6, 6.07) is 27.2. The Morgan fingerprint density at radius 1 is 0.969 bits per heavy atom. The van der Waals surface area contributed by atoms with Gasteiger partial charge in [0.1, 0.15) is 5.75 Å². The molecule has 3 aromatic rings. The molecule has 1 aliphatic rings. The largest absolute Gasteiger partial charge is 0.496 e. The second-order valence-corrected chi connectivity index (χ2v) is 8.04. The lowest BCUT2D eigenvalue weighted by atomic mass is 9.83. The zero-order valence-electron chi connectivity index (χ0n) is 18.2.